The molecule has 2 aromatic carbocycles. The Morgan fingerprint density at radius 1 is 1.12 bits per heavy atom. The Morgan fingerprint density at radius 2 is 1.84 bits per heavy atom. The van der Waals surface area contributed by atoms with E-state index in [1.165, 1.54) is 11.3 Å². The van der Waals surface area contributed by atoms with E-state index in [0.717, 1.165) is 36.9 Å². The van der Waals surface area contributed by atoms with Crippen LogP contribution in [0.4, 0.5) is 11.4 Å². The minimum absolute atomic E-state index is 0.0926. The highest BCUT2D eigenvalue weighted by Gasteiger charge is 2.53. The van der Waals surface area contributed by atoms with Crippen molar-refractivity contribution in [1.82, 2.24) is 4.90 Å². The molecule has 1 atom stereocenters. The van der Waals surface area contributed by atoms with Gasteiger partial charge in [-0.15, -0.1) is 0 Å². The summed E-state index contributed by atoms with van der Waals surface area (Å²) in [6.07, 6.45) is 5.21. The molecule has 3 N–H and O–H groups in total. The second kappa shape index (κ2) is 8.65. The zero-order valence-corrected chi connectivity index (χ0v) is 19.0. The smallest absolute Gasteiger partial charge is 0.261 e. The van der Waals surface area contributed by atoms with E-state index in [1.54, 1.807) is 13.1 Å². The number of amides is 2. The standard InChI is InChI=1S/C25H31N5O2/c1-29(2)21-14-7-9-17(15-21)22(31)27-20-13-8-12-19(16-20)25(18-10-5-4-6-11-18)23(32)30(3)24(26)28-25/h7-9,12-16,18H,4-6,10-11H2,1-3H3,(H2,26,28)(H,27,31). The summed E-state index contributed by atoms with van der Waals surface area (Å²) in [4.78, 5) is 34.5. The van der Waals surface area contributed by atoms with Crippen molar-refractivity contribution in [2.24, 2.45) is 16.6 Å². The van der Waals surface area contributed by atoms with Gasteiger partial charge in [0, 0.05) is 38.1 Å². The number of likely N-dealkylation sites (N-methyl/N-ethyl adjacent to an activating group) is 1. The largest absolute Gasteiger partial charge is 0.378 e. The van der Waals surface area contributed by atoms with Gasteiger partial charge in [-0.05, 0) is 54.7 Å². The summed E-state index contributed by atoms with van der Waals surface area (Å²) < 4.78 is 0. The van der Waals surface area contributed by atoms with E-state index in [9.17, 15) is 9.59 Å². The Bertz CT molecular complexity index is 1060. The molecule has 1 heterocycles. The summed E-state index contributed by atoms with van der Waals surface area (Å²) in [5.41, 5.74) is 8.02. The molecule has 1 aliphatic heterocycles. The molecule has 168 valence electrons. The molecule has 1 fully saturated rings. The number of benzene rings is 2. The summed E-state index contributed by atoms with van der Waals surface area (Å²) in [6, 6.07) is 14.9. The Labute approximate surface area is 189 Å². The zero-order valence-electron chi connectivity index (χ0n) is 19.0. The van der Waals surface area contributed by atoms with Crippen molar-refractivity contribution in [3.05, 3.63) is 59.7 Å². The maximum Gasteiger partial charge on any atom is 0.261 e. The van der Waals surface area contributed by atoms with Gasteiger partial charge in [-0.3, -0.25) is 14.5 Å². The molecule has 1 saturated carbocycles. The van der Waals surface area contributed by atoms with E-state index in [1.807, 2.05) is 61.5 Å². The maximum atomic E-state index is 13.4. The third-order valence-corrected chi connectivity index (χ3v) is 6.65. The van der Waals surface area contributed by atoms with Gasteiger partial charge >= 0.3 is 0 Å². The summed E-state index contributed by atoms with van der Waals surface area (Å²) in [7, 11) is 5.55. The lowest BCUT2D eigenvalue weighted by molar-refractivity contribution is -0.133. The minimum atomic E-state index is -1.02. The molecule has 0 aromatic heterocycles. The number of rotatable bonds is 5. The van der Waals surface area contributed by atoms with Crippen LogP contribution in [-0.4, -0.2) is 43.8 Å². The van der Waals surface area contributed by atoms with Gasteiger partial charge in [-0.2, -0.15) is 0 Å². The summed E-state index contributed by atoms with van der Waals surface area (Å²) in [5, 5.41) is 2.98. The second-order valence-electron chi connectivity index (χ2n) is 8.92. The van der Waals surface area contributed by atoms with Gasteiger partial charge in [0.25, 0.3) is 11.8 Å². The Hall–Kier alpha value is -3.35. The molecule has 2 aliphatic rings. The first-order valence-electron chi connectivity index (χ1n) is 11.2. The number of nitrogens with two attached hydrogens (primary N) is 1. The summed E-state index contributed by atoms with van der Waals surface area (Å²) >= 11 is 0. The van der Waals surface area contributed by atoms with Crippen LogP contribution in [0, 0.1) is 5.92 Å². The van der Waals surface area contributed by atoms with Crippen LogP contribution in [0.5, 0.6) is 0 Å². The predicted molar refractivity (Wildman–Crippen MR) is 128 cm³/mol. The molecule has 7 nitrogen and oxygen atoms in total. The fourth-order valence-corrected chi connectivity index (χ4v) is 4.84. The number of anilines is 2. The van der Waals surface area contributed by atoms with Gasteiger partial charge < -0.3 is 16.0 Å². The normalized spacial score (nSPS) is 21.4. The zero-order chi connectivity index (χ0) is 22.9. The van der Waals surface area contributed by atoms with Crippen LogP contribution in [0.3, 0.4) is 0 Å². The van der Waals surface area contributed by atoms with Crippen molar-refractivity contribution in [3.63, 3.8) is 0 Å². The number of guanidine groups is 1. The van der Waals surface area contributed by atoms with Gasteiger partial charge in [0.15, 0.2) is 11.5 Å². The van der Waals surface area contributed by atoms with Gasteiger partial charge in [0.1, 0.15) is 0 Å². The average Bonchev–Trinajstić information content (AvgIpc) is 3.04. The predicted octanol–water partition coefficient (Wildman–Crippen LogP) is 3.57. The lowest BCUT2D eigenvalue weighted by atomic mass is 9.71. The number of nitrogens with zero attached hydrogens (tertiary/aromatic N) is 3. The number of hydrogen-bond acceptors (Lipinski definition) is 5. The monoisotopic (exact) mass is 433 g/mol. The Balaban J connectivity index is 1.67. The molecule has 0 saturated heterocycles. The second-order valence-corrected chi connectivity index (χ2v) is 8.92. The summed E-state index contributed by atoms with van der Waals surface area (Å²) in [5.74, 6) is 0.0463. The highest BCUT2D eigenvalue weighted by atomic mass is 16.2. The molecular weight excluding hydrogens is 402 g/mol. The van der Waals surface area contributed by atoms with E-state index < -0.39 is 5.54 Å². The number of nitrogens with one attached hydrogen (secondary N) is 1. The summed E-state index contributed by atoms with van der Waals surface area (Å²) in [6.45, 7) is 0. The third-order valence-electron chi connectivity index (χ3n) is 6.65. The number of hydrogen-bond donors (Lipinski definition) is 2. The van der Waals surface area contributed by atoms with Gasteiger partial charge in [0.05, 0.1) is 0 Å². The lowest BCUT2D eigenvalue weighted by Gasteiger charge is -2.36. The molecule has 0 bridgehead atoms. The van der Waals surface area contributed by atoms with E-state index in [4.69, 9.17) is 10.7 Å². The van der Waals surface area contributed by atoms with Gasteiger partial charge in [-0.25, -0.2) is 4.99 Å². The Morgan fingerprint density at radius 3 is 2.50 bits per heavy atom. The van der Waals surface area contributed by atoms with Crippen molar-refractivity contribution in [2.45, 2.75) is 37.6 Å². The van der Waals surface area contributed by atoms with Crippen LogP contribution in [0.2, 0.25) is 0 Å². The van der Waals surface area contributed by atoms with Crippen molar-refractivity contribution in [2.75, 3.05) is 31.4 Å². The first-order valence-corrected chi connectivity index (χ1v) is 11.2. The van der Waals surface area contributed by atoms with E-state index in [-0.39, 0.29) is 23.7 Å². The number of carbonyl (C=O) groups is 2. The third kappa shape index (κ3) is 3.83. The minimum Gasteiger partial charge on any atom is -0.378 e. The molecule has 0 spiro atoms. The fourth-order valence-electron chi connectivity index (χ4n) is 4.84. The van der Waals surface area contributed by atoms with Crippen molar-refractivity contribution in [3.8, 4) is 0 Å². The van der Waals surface area contributed by atoms with Gasteiger partial charge in [-0.1, -0.05) is 37.5 Å². The van der Waals surface area contributed by atoms with Crippen LogP contribution in [0.1, 0.15) is 48.0 Å². The number of aliphatic imine (C=N–C) groups is 1. The van der Waals surface area contributed by atoms with Crippen LogP contribution in [0.15, 0.2) is 53.5 Å². The van der Waals surface area contributed by atoms with Crippen LogP contribution in [-0.2, 0) is 10.3 Å². The molecule has 1 aliphatic carbocycles. The molecule has 4 rings (SSSR count). The molecule has 2 amide bonds. The van der Waals surface area contributed by atoms with Gasteiger partial charge in [0.2, 0.25) is 0 Å². The number of carbonyl (C=O) groups excluding carboxylic acids is 2. The highest BCUT2D eigenvalue weighted by Crippen LogP contribution is 2.46. The molecule has 1 unspecified atom stereocenters. The average molecular weight is 434 g/mol. The Kier molecular flexibility index (Phi) is 5.91. The van der Waals surface area contributed by atoms with Crippen molar-refractivity contribution in [1.29, 1.82) is 0 Å². The first-order chi connectivity index (χ1) is 15.3. The van der Waals surface area contributed by atoms with E-state index in [2.05, 4.69) is 5.32 Å². The highest BCUT2D eigenvalue weighted by molar-refractivity contribution is 6.08. The fraction of sp³-hybridized carbons (Fsp3) is 0.400. The van der Waals surface area contributed by atoms with E-state index in [0.29, 0.717) is 11.3 Å². The van der Waals surface area contributed by atoms with Crippen molar-refractivity contribution < 1.29 is 9.59 Å². The van der Waals surface area contributed by atoms with E-state index >= 15 is 0 Å². The molecule has 32 heavy (non-hydrogen) atoms. The quantitative estimate of drug-likeness (QED) is 0.754. The first kappa shape index (κ1) is 21.9. The molecule has 0 radical (unpaired) electrons. The SMILES string of the molecule is CN1C(=O)C(c2cccc(NC(=O)c3cccc(N(C)C)c3)c2)(C2CCCCC2)N=C1N. The molecule has 7 heteroatoms. The van der Waals surface area contributed by atoms with Crippen molar-refractivity contribution >= 4 is 29.1 Å². The maximum absolute atomic E-state index is 13.4. The molecular formula is C25H31N5O2. The molecule has 2 aromatic rings. The van der Waals surface area contributed by atoms with Crippen LogP contribution >= 0.6 is 0 Å². The van der Waals surface area contributed by atoms with Crippen LogP contribution < -0.4 is 16.0 Å². The van der Waals surface area contributed by atoms with Crippen LogP contribution in [0.25, 0.3) is 0 Å². The lowest BCUT2D eigenvalue weighted by Crippen LogP contribution is -2.45. The topological polar surface area (TPSA) is 91.0 Å².